The quantitative estimate of drug-likeness (QED) is 0.691. The van der Waals surface area contributed by atoms with E-state index >= 15 is 0 Å². The third-order valence-electron chi connectivity index (χ3n) is 3.77. The lowest BCUT2D eigenvalue weighted by Crippen LogP contribution is -2.35. The molecule has 1 atom stereocenters. The lowest BCUT2D eigenvalue weighted by atomic mass is 10.1. The first-order valence-corrected chi connectivity index (χ1v) is 8.97. The number of fused-ring (bicyclic) bond motifs is 1. The average molecular weight is 345 g/mol. The van der Waals surface area contributed by atoms with E-state index in [1.165, 1.54) is 4.70 Å². The zero-order chi connectivity index (χ0) is 17.1. The van der Waals surface area contributed by atoms with Crippen molar-refractivity contribution in [2.45, 2.75) is 26.0 Å². The molecule has 3 aromatic rings. The van der Waals surface area contributed by atoms with Crippen LogP contribution >= 0.6 is 11.3 Å². The number of hydrogen-bond donors (Lipinski definition) is 2. The highest BCUT2D eigenvalue weighted by Crippen LogP contribution is 2.33. The first-order valence-electron chi connectivity index (χ1n) is 8.09. The van der Waals surface area contributed by atoms with Gasteiger partial charge in [0.1, 0.15) is 24.2 Å². The van der Waals surface area contributed by atoms with Crippen LogP contribution in [0.2, 0.25) is 0 Å². The molecule has 3 rings (SSSR count). The van der Waals surface area contributed by atoms with Crippen LogP contribution in [0.25, 0.3) is 21.5 Å². The van der Waals surface area contributed by atoms with Crippen LogP contribution < -0.4 is 10.1 Å². The van der Waals surface area contributed by atoms with Gasteiger partial charge in [-0.25, -0.2) is 0 Å². The summed E-state index contributed by atoms with van der Waals surface area (Å²) in [4.78, 5) is 0. The first-order chi connectivity index (χ1) is 11.5. The zero-order valence-corrected chi connectivity index (χ0v) is 15.0. The predicted molar refractivity (Wildman–Crippen MR) is 98.7 cm³/mol. The minimum Gasteiger partial charge on any atom is -0.491 e. The Morgan fingerprint density at radius 1 is 1.33 bits per heavy atom. The summed E-state index contributed by atoms with van der Waals surface area (Å²) in [5.74, 6) is 0.742. The van der Waals surface area contributed by atoms with E-state index in [4.69, 9.17) is 4.74 Å². The highest BCUT2D eigenvalue weighted by Gasteiger charge is 2.13. The van der Waals surface area contributed by atoms with Crippen molar-refractivity contribution in [1.82, 2.24) is 15.1 Å². The van der Waals surface area contributed by atoms with Crippen LogP contribution in [0.4, 0.5) is 0 Å². The molecule has 0 bridgehead atoms. The van der Waals surface area contributed by atoms with Crippen molar-refractivity contribution in [3.05, 3.63) is 35.7 Å². The third kappa shape index (κ3) is 3.77. The smallest absolute Gasteiger partial charge is 0.120 e. The van der Waals surface area contributed by atoms with E-state index in [2.05, 4.69) is 35.7 Å². The molecule has 5 nitrogen and oxygen atoms in total. The van der Waals surface area contributed by atoms with Gasteiger partial charge in [0.05, 0.1) is 10.2 Å². The van der Waals surface area contributed by atoms with Crippen molar-refractivity contribution >= 4 is 21.6 Å². The standard InChI is InChI=1S/C18H23N3O2S/c1-12(2)19-10-14(22)11-23-15-6-4-5-13(9-15)17-18-16(7-8-24-18)21(3)20-17/h4-9,12,14,19,22H,10-11H2,1-3H3. The fourth-order valence-electron chi connectivity index (χ4n) is 2.53. The summed E-state index contributed by atoms with van der Waals surface area (Å²) in [6.07, 6.45) is -0.532. The Bertz CT molecular complexity index is 810. The second kappa shape index (κ2) is 7.34. The molecular formula is C18H23N3O2S. The molecule has 1 unspecified atom stereocenters. The van der Waals surface area contributed by atoms with Gasteiger partial charge in [0, 0.05) is 25.2 Å². The van der Waals surface area contributed by atoms with Crippen molar-refractivity contribution in [3.63, 3.8) is 0 Å². The van der Waals surface area contributed by atoms with Crippen LogP contribution in [0.3, 0.4) is 0 Å². The molecule has 1 aromatic carbocycles. The van der Waals surface area contributed by atoms with Gasteiger partial charge in [-0.1, -0.05) is 26.0 Å². The molecule has 0 aliphatic heterocycles. The molecule has 0 aliphatic carbocycles. The Morgan fingerprint density at radius 2 is 2.17 bits per heavy atom. The Balaban J connectivity index is 1.71. The van der Waals surface area contributed by atoms with Gasteiger partial charge in [0.25, 0.3) is 0 Å². The second-order valence-corrected chi connectivity index (χ2v) is 7.08. The van der Waals surface area contributed by atoms with E-state index < -0.39 is 6.10 Å². The SMILES string of the molecule is CC(C)NCC(O)COc1cccc(-c2nn(C)c3ccsc23)c1. The van der Waals surface area contributed by atoms with Gasteiger partial charge in [-0.15, -0.1) is 11.3 Å². The number of aliphatic hydroxyl groups excluding tert-OH is 1. The Labute approximate surface area is 145 Å². The number of nitrogens with zero attached hydrogens (tertiary/aromatic N) is 2. The molecule has 2 aromatic heterocycles. The lowest BCUT2D eigenvalue weighted by Gasteiger charge is -2.15. The Morgan fingerprint density at radius 3 is 2.96 bits per heavy atom. The number of aromatic nitrogens is 2. The molecule has 0 saturated heterocycles. The summed E-state index contributed by atoms with van der Waals surface area (Å²) in [5.41, 5.74) is 3.13. The highest BCUT2D eigenvalue weighted by atomic mass is 32.1. The molecule has 6 heteroatoms. The highest BCUT2D eigenvalue weighted by molar-refractivity contribution is 7.17. The number of benzene rings is 1. The minimum atomic E-state index is -0.532. The van der Waals surface area contributed by atoms with Crippen LogP contribution in [-0.2, 0) is 7.05 Å². The molecule has 0 fully saturated rings. The molecule has 2 N–H and O–H groups in total. The van der Waals surface area contributed by atoms with E-state index in [1.54, 1.807) is 11.3 Å². The maximum Gasteiger partial charge on any atom is 0.120 e. The summed E-state index contributed by atoms with van der Waals surface area (Å²) in [5, 5.41) is 19.9. The molecular weight excluding hydrogens is 322 g/mol. The number of nitrogens with one attached hydrogen (secondary N) is 1. The molecule has 0 amide bonds. The molecule has 0 saturated carbocycles. The summed E-state index contributed by atoms with van der Waals surface area (Å²) in [6.45, 7) is 4.89. The summed E-state index contributed by atoms with van der Waals surface area (Å²) in [7, 11) is 1.96. The van der Waals surface area contributed by atoms with Crippen LogP contribution in [0, 0.1) is 0 Å². The molecule has 0 aliphatic rings. The number of thiophene rings is 1. The topological polar surface area (TPSA) is 59.3 Å². The number of aliphatic hydroxyl groups is 1. The van der Waals surface area contributed by atoms with Gasteiger partial charge in [-0.3, -0.25) is 4.68 Å². The predicted octanol–water partition coefficient (Wildman–Crippen LogP) is 3.04. The third-order valence-corrected chi connectivity index (χ3v) is 4.68. The van der Waals surface area contributed by atoms with Crippen LogP contribution in [0.15, 0.2) is 35.7 Å². The molecule has 128 valence electrons. The Kier molecular flexibility index (Phi) is 5.18. The van der Waals surface area contributed by atoms with Crippen LogP contribution in [0.5, 0.6) is 5.75 Å². The lowest BCUT2D eigenvalue weighted by molar-refractivity contribution is 0.104. The van der Waals surface area contributed by atoms with Crippen molar-refractivity contribution < 1.29 is 9.84 Å². The van der Waals surface area contributed by atoms with Gasteiger partial charge in [0.15, 0.2) is 0 Å². The van der Waals surface area contributed by atoms with Crippen LogP contribution in [0.1, 0.15) is 13.8 Å². The average Bonchev–Trinajstić information content (AvgIpc) is 3.15. The molecule has 2 heterocycles. The van der Waals surface area contributed by atoms with Crippen molar-refractivity contribution in [2.24, 2.45) is 7.05 Å². The molecule has 0 radical (unpaired) electrons. The van der Waals surface area contributed by atoms with Crippen molar-refractivity contribution in [2.75, 3.05) is 13.2 Å². The molecule has 24 heavy (non-hydrogen) atoms. The van der Waals surface area contributed by atoms with E-state index in [0.29, 0.717) is 12.6 Å². The maximum atomic E-state index is 9.96. The number of aryl methyl sites for hydroxylation is 1. The van der Waals surface area contributed by atoms with E-state index in [-0.39, 0.29) is 6.61 Å². The molecule has 0 spiro atoms. The first kappa shape index (κ1) is 17.0. The fraction of sp³-hybridized carbons (Fsp3) is 0.389. The largest absolute Gasteiger partial charge is 0.491 e. The van der Waals surface area contributed by atoms with Gasteiger partial charge >= 0.3 is 0 Å². The van der Waals surface area contributed by atoms with Gasteiger partial charge < -0.3 is 15.2 Å². The zero-order valence-electron chi connectivity index (χ0n) is 14.2. The Hall–Kier alpha value is -1.89. The summed E-state index contributed by atoms with van der Waals surface area (Å²) in [6, 6.07) is 10.3. The normalized spacial score (nSPS) is 12.9. The van der Waals surface area contributed by atoms with E-state index in [9.17, 15) is 5.11 Å². The fourth-order valence-corrected chi connectivity index (χ4v) is 3.45. The minimum absolute atomic E-state index is 0.264. The number of rotatable bonds is 7. The van der Waals surface area contributed by atoms with Crippen molar-refractivity contribution in [1.29, 1.82) is 0 Å². The second-order valence-electron chi connectivity index (χ2n) is 6.16. The van der Waals surface area contributed by atoms with E-state index in [0.717, 1.165) is 22.5 Å². The van der Waals surface area contributed by atoms with E-state index in [1.807, 2.05) is 36.0 Å². The maximum absolute atomic E-state index is 9.96. The van der Waals surface area contributed by atoms with Gasteiger partial charge in [0.2, 0.25) is 0 Å². The number of hydrogen-bond acceptors (Lipinski definition) is 5. The van der Waals surface area contributed by atoms with Crippen LogP contribution in [-0.4, -0.2) is 40.2 Å². The van der Waals surface area contributed by atoms with Gasteiger partial charge in [-0.05, 0) is 23.6 Å². The summed E-state index contributed by atoms with van der Waals surface area (Å²) >= 11 is 1.69. The number of ether oxygens (including phenoxy) is 1. The monoisotopic (exact) mass is 345 g/mol. The van der Waals surface area contributed by atoms with Crippen molar-refractivity contribution in [3.8, 4) is 17.0 Å². The van der Waals surface area contributed by atoms with Gasteiger partial charge in [-0.2, -0.15) is 5.10 Å². The summed E-state index contributed by atoms with van der Waals surface area (Å²) < 4.78 is 8.82.